The van der Waals surface area contributed by atoms with Crippen LogP contribution in [0.15, 0.2) is 249 Å². The lowest BCUT2D eigenvalue weighted by molar-refractivity contribution is -0.138. The van der Waals surface area contributed by atoms with E-state index in [0.29, 0.717) is 87.6 Å². The molecule has 0 saturated heterocycles. The lowest BCUT2D eigenvalue weighted by Gasteiger charge is -2.25. The first-order chi connectivity index (χ1) is 68.4. The van der Waals surface area contributed by atoms with Crippen LogP contribution in [-0.4, -0.2) is 109 Å². The monoisotopic (exact) mass is 2160 g/mol. The van der Waals surface area contributed by atoms with Crippen LogP contribution in [0.1, 0.15) is 113 Å². The zero-order valence-electron chi connectivity index (χ0n) is 72.6. The topological polar surface area (TPSA) is 379 Å². The van der Waals surface area contributed by atoms with Crippen molar-refractivity contribution in [3.8, 4) is 11.4 Å². The second-order valence-corrected chi connectivity index (χ2v) is 37.4. The molecular formula is C96H56BrClF15N11O17S4. The molecule has 2 aliphatic rings. The summed E-state index contributed by atoms with van der Waals surface area (Å²) in [4.78, 5) is 162. The Morgan fingerprint density at radius 1 is 0.434 bits per heavy atom. The number of para-hydroxylation sites is 1. The Bertz CT molecular complexity index is 8930. The van der Waals surface area contributed by atoms with Gasteiger partial charge in [-0.2, -0.15) is 75.4 Å². The molecule has 49 heteroatoms. The average Bonchev–Trinajstić information content (AvgIpc) is 1.60. The Morgan fingerprint density at radius 3 is 1.37 bits per heavy atom. The van der Waals surface area contributed by atoms with Gasteiger partial charge in [0, 0.05) is 78.3 Å². The number of hydrogen-bond donors (Lipinski definition) is 6. The highest BCUT2D eigenvalue weighted by Gasteiger charge is 2.45. The number of alkyl halides is 12. The first-order valence-electron chi connectivity index (χ1n) is 41.6. The fourth-order valence-corrected chi connectivity index (χ4v) is 20.9. The number of halogens is 17. The van der Waals surface area contributed by atoms with Gasteiger partial charge >= 0.3 is 54.0 Å². The van der Waals surface area contributed by atoms with E-state index in [0.717, 1.165) is 94.0 Å². The number of carboxylic acid groups (broad SMARTS) is 3. The quantitative estimate of drug-likeness (QED) is 0.0386. The van der Waals surface area contributed by atoms with Crippen molar-refractivity contribution >= 4 is 196 Å². The van der Waals surface area contributed by atoms with E-state index < -0.39 is 196 Å². The second-order valence-electron chi connectivity index (χ2n) is 32.2. The van der Waals surface area contributed by atoms with Crippen molar-refractivity contribution in [3.63, 3.8) is 0 Å². The zero-order chi connectivity index (χ0) is 104. The molecule has 0 bridgehead atoms. The summed E-state index contributed by atoms with van der Waals surface area (Å²) in [5.41, 5.74) is -9.19. The Balaban J connectivity index is 0.000000133. The molecule has 2 aliphatic heterocycles. The van der Waals surface area contributed by atoms with Crippen LogP contribution in [0, 0.1) is 17.5 Å². The number of carboxylic acids is 3. The number of aromatic carboxylic acids is 3. The maximum Gasteiger partial charge on any atom is 0.416 e. The van der Waals surface area contributed by atoms with Gasteiger partial charge in [0.1, 0.15) is 23.1 Å². The molecule has 740 valence electrons. The maximum absolute atomic E-state index is 14.4. The summed E-state index contributed by atoms with van der Waals surface area (Å²) in [6.45, 7) is -0.985. The van der Waals surface area contributed by atoms with E-state index in [1.807, 2.05) is 4.72 Å². The summed E-state index contributed by atoms with van der Waals surface area (Å²) < 4.78 is 238. The average molecular weight is 2160 g/mol. The van der Waals surface area contributed by atoms with Gasteiger partial charge in [-0.05, 0) is 173 Å². The molecule has 6 N–H and O–H groups in total. The number of nitrogens with one attached hydrogen (secondary N) is 3. The van der Waals surface area contributed by atoms with Gasteiger partial charge in [-0.3, -0.25) is 33.6 Å². The Hall–Kier alpha value is -16.1. The highest BCUT2D eigenvalue weighted by molar-refractivity contribution is 9.10. The molecule has 0 fully saturated rings. The number of imide groups is 2. The number of hydrogen-bond acceptors (Lipinski definition) is 17. The van der Waals surface area contributed by atoms with E-state index in [1.54, 1.807) is 52.5 Å². The molecular weight excluding hydrogens is 2110 g/mol. The number of amides is 5. The number of aromatic amines is 2. The van der Waals surface area contributed by atoms with Gasteiger partial charge in [0.2, 0.25) is 11.8 Å². The Kier molecular flexibility index (Phi) is 26.3. The summed E-state index contributed by atoms with van der Waals surface area (Å²) in [7, 11) is -3.25. The fourth-order valence-electron chi connectivity index (χ4n) is 17.0. The number of thiophene rings is 3. The summed E-state index contributed by atoms with van der Waals surface area (Å²) >= 11 is 13.0. The van der Waals surface area contributed by atoms with Crippen LogP contribution in [0.3, 0.4) is 0 Å². The minimum Gasteiger partial charge on any atom is -0.477 e. The number of rotatable bonds is 16. The summed E-state index contributed by atoms with van der Waals surface area (Å²) in [6.07, 6.45) is -19.5. The normalized spacial score (nSPS) is 13.0. The molecule has 5 amide bonds. The molecule has 9 aromatic heterocycles. The Morgan fingerprint density at radius 2 is 0.862 bits per heavy atom. The molecule has 11 heterocycles. The lowest BCUT2D eigenvalue weighted by atomic mass is 10.0. The van der Waals surface area contributed by atoms with Gasteiger partial charge < -0.3 is 43.6 Å². The fraction of sp³-hybridized carbons (Fsp3) is 0.104. The van der Waals surface area contributed by atoms with Crippen LogP contribution in [0.5, 0.6) is 0 Å². The number of sulfonamides is 1. The number of carbonyl (C=O) groups excluding carboxylic acids is 5. The van der Waals surface area contributed by atoms with Crippen molar-refractivity contribution < 1.29 is 128 Å². The number of H-pyrrole nitrogens is 2. The molecule has 0 saturated carbocycles. The van der Waals surface area contributed by atoms with Gasteiger partial charge in [0.15, 0.2) is 17.1 Å². The van der Waals surface area contributed by atoms with Crippen molar-refractivity contribution in [1.29, 1.82) is 0 Å². The van der Waals surface area contributed by atoms with E-state index in [9.17, 15) is 147 Å². The minimum absolute atomic E-state index is 0.0434. The van der Waals surface area contributed by atoms with Crippen LogP contribution < -0.4 is 37.0 Å². The van der Waals surface area contributed by atoms with Crippen LogP contribution in [0.2, 0.25) is 5.02 Å². The van der Waals surface area contributed by atoms with Gasteiger partial charge in [0.25, 0.3) is 38.9 Å². The van der Waals surface area contributed by atoms with Gasteiger partial charge in [-0.1, -0.05) is 76.1 Å². The Labute approximate surface area is 823 Å². The highest BCUT2D eigenvalue weighted by Crippen LogP contribution is 2.46. The standard InChI is InChI=1S/C25H16ClF3N4O5S.C24H13F5N2O4S.C24H14F4N2O4S.C23H13BrF3N3O4S/c1-32-19-11-8-14(26)12-17(19)20(33-23(35)16-4-2-3-5-18(16)30-24(33)36)21(32)22(34)31-39(37,38)15-9-6-13(7-10-15)25(27,28)29;25-16-2-1-3-17(26)14(16)8-30-18-5-4-12(24(27,28)29)7-13(18)20(21(30)23(34)35)31-19(32)6-11-9-36-10-15(11)22(31)33;25-15-3-1-2-12(6-15)9-29-18-5-4-14(24(26,27)28)8-16(18)20(21(29)23(33)34)30-19(31)7-13-10-35-11-17(13)22(30)32;24-15-4-2-1-3-11(15)8-29-17-6-5-12(23(25,26)27)7-13(17)18(19(29)21(32)33)30-20(31)14-9-35-10-16(14)28-22(30)34/h2-12H,1H3,(H,30,36)(H,31,34);1-5,7,9-10H,6,8H2,(H,34,35);1-6,8,10-11H,7,9H2,(H,33,34);1-7,9-10H,8H2,(H,28,34)(H,32,33). The van der Waals surface area contributed by atoms with E-state index in [2.05, 4.69) is 25.9 Å². The van der Waals surface area contributed by atoms with Crippen LogP contribution in [-0.2, 0) is 83.8 Å². The predicted molar refractivity (Wildman–Crippen MR) is 505 cm³/mol. The van der Waals surface area contributed by atoms with Crippen LogP contribution >= 0.6 is 61.5 Å². The molecule has 18 aromatic rings. The van der Waals surface area contributed by atoms with Crippen molar-refractivity contribution in [1.82, 2.24) is 42.1 Å². The molecule has 9 aromatic carbocycles. The van der Waals surface area contributed by atoms with E-state index in [1.165, 1.54) is 96.8 Å². The summed E-state index contributed by atoms with van der Waals surface area (Å²) in [5, 5.41) is 39.4. The third kappa shape index (κ3) is 18.8. The number of nitrogens with zero attached hydrogens (tertiary/aromatic N) is 8. The number of aryl methyl sites for hydroxylation is 1. The molecule has 28 nitrogen and oxygen atoms in total. The maximum atomic E-state index is 14.4. The molecule has 0 aliphatic carbocycles. The molecule has 145 heavy (non-hydrogen) atoms. The van der Waals surface area contributed by atoms with E-state index >= 15 is 0 Å². The third-order valence-electron chi connectivity index (χ3n) is 23.4. The zero-order valence-corrected chi connectivity index (χ0v) is 78.2. The first-order valence-corrected chi connectivity index (χ1v) is 47.0. The van der Waals surface area contributed by atoms with Crippen molar-refractivity contribution in [2.75, 3.05) is 9.80 Å². The van der Waals surface area contributed by atoms with E-state index in [4.69, 9.17) is 11.6 Å². The van der Waals surface area contributed by atoms with Crippen LogP contribution in [0.25, 0.3) is 76.8 Å². The third-order valence-corrected chi connectivity index (χ3v) is 28.1. The highest BCUT2D eigenvalue weighted by atomic mass is 79.9. The van der Waals surface area contributed by atoms with Crippen molar-refractivity contribution in [3.05, 3.63) is 373 Å². The second kappa shape index (κ2) is 38.0. The van der Waals surface area contributed by atoms with Gasteiger partial charge in [-0.25, -0.2) is 69.2 Å². The summed E-state index contributed by atoms with van der Waals surface area (Å²) in [6, 6.07) is 36.0. The summed E-state index contributed by atoms with van der Waals surface area (Å²) in [5.74, 6) is -11.9. The lowest BCUT2D eigenvalue weighted by Crippen LogP contribution is -2.42. The number of fused-ring (bicyclic) bond motifs is 8. The molecule has 0 spiro atoms. The van der Waals surface area contributed by atoms with Crippen molar-refractivity contribution in [2.45, 2.75) is 62.1 Å². The molecule has 0 atom stereocenters. The number of aromatic nitrogens is 8. The SMILES string of the molecule is Cn1c(C(=O)NS(=O)(=O)c2ccc(C(F)(F)F)cc2)c(-n2c(=O)[nH]c3ccccc3c2=O)c2cc(Cl)ccc21.O=C(O)c1c(-n2c(=O)[nH]c3cscc3c2=O)c2cc(C(F)(F)F)ccc2n1Cc1ccccc1Br.O=C(O)c1c(N2C(=O)Cc3cscc3C2=O)c2cc(C(F)(F)F)ccc2n1Cc1c(F)cccc1F.O=C(O)c1c(N2C(=O)Cc3cscc3C2=O)c2cc(C(F)(F)F)ccc2n1Cc1cccc(F)c1. The van der Waals surface area contributed by atoms with Crippen molar-refractivity contribution in [2.24, 2.45) is 7.05 Å². The smallest absolute Gasteiger partial charge is 0.416 e. The molecule has 0 unspecified atom stereocenters. The van der Waals surface area contributed by atoms with Gasteiger partial charge in [-0.15, -0.1) is 11.3 Å². The number of carbonyl (C=O) groups is 8. The predicted octanol–water partition coefficient (Wildman–Crippen LogP) is 20.0. The van der Waals surface area contributed by atoms with E-state index in [-0.39, 0.29) is 113 Å². The molecule has 20 rings (SSSR count). The first kappa shape index (κ1) is 100. The number of anilines is 2. The van der Waals surface area contributed by atoms with Crippen LogP contribution in [0.4, 0.5) is 77.2 Å². The molecule has 0 radical (unpaired) electrons. The van der Waals surface area contributed by atoms with Gasteiger partial charge in [0.05, 0.1) is 124 Å². The number of benzene rings is 9. The minimum atomic E-state index is -4.83. The largest absolute Gasteiger partial charge is 0.477 e.